The summed E-state index contributed by atoms with van der Waals surface area (Å²) in [5, 5.41) is 0. The lowest BCUT2D eigenvalue weighted by Gasteiger charge is -2.10. The topological polar surface area (TPSA) is 26.5 Å². The predicted octanol–water partition coefficient (Wildman–Crippen LogP) is 5.27. The van der Waals surface area contributed by atoms with Gasteiger partial charge in [0.05, 0.1) is 24.7 Å². The zero-order chi connectivity index (χ0) is 16.9. The summed E-state index contributed by atoms with van der Waals surface area (Å²) in [5.41, 5.74) is 4.30. The van der Waals surface area contributed by atoms with Crippen LogP contribution in [0.4, 0.5) is 5.69 Å². The van der Waals surface area contributed by atoms with Crippen LogP contribution >= 0.6 is 11.8 Å². The Morgan fingerprint density at radius 1 is 1.00 bits per heavy atom. The molecular weight excluding hydrogens is 316 g/mol. The van der Waals surface area contributed by atoms with Crippen molar-refractivity contribution in [3.63, 3.8) is 0 Å². The number of ether oxygens (including phenoxy) is 1. The first kappa shape index (κ1) is 16.4. The highest BCUT2D eigenvalue weighted by Gasteiger charge is 2.06. The van der Waals surface area contributed by atoms with E-state index in [1.807, 2.05) is 36.5 Å². The van der Waals surface area contributed by atoms with Gasteiger partial charge in [0.1, 0.15) is 5.75 Å². The molecule has 0 radical (unpaired) electrons. The van der Waals surface area contributed by atoms with Crippen LogP contribution in [0.3, 0.4) is 0 Å². The van der Waals surface area contributed by atoms with Gasteiger partial charge in [0.15, 0.2) is 0 Å². The van der Waals surface area contributed by atoms with Crippen LogP contribution < -0.4 is 4.74 Å². The number of aromatic nitrogens is 1. The van der Waals surface area contributed by atoms with E-state index in [0.29, 0.717) is 0 Å². The van der Waals surface area contributed by atoms with Crippen molar-refractivity contribution in [2.45, 2.75) is 11.8 Å². The number of rotatable bonds is 5. The molecule has 0 aliphatic heterocycles. The van der Waals surface area contributed by atoms with Crippen molar-refractivity contribution >= 4 is 23.7 Å². The number of hydrogen-bond acceptors (Lipinski definition) is 3. The molecule has 2 aromatic carbocycles. The number of thioether (sulfide) groups is 1. The summed E-state index contributed by atoms with van der Waals surface area (Å²) in [6, 6.07) is 20.4. The fourth-order valence-electron chi connectivity index (χ4n) is 2.62. The maximum atomic E-state index is 5.24. The lowest BCUT2D eigenvalue weighted by atomic mass is 10.3. The number of para-hydroxylation sites is 1. The fourth-order valence-corrected chi connectivity index (χ4v) is 3.16. The molecular formula is C20H20N2OS. The van der Waals surface area contributed by atoms with Crippen LogP contribution in [0.15, 0.2) is 70.6 Å². The minimum Gasteiger partial charge on any atom is -0.497 e. The van der Waals surface area contributed by atoms with E-state index >= 15 is 0 Å². The third-order valence-electron chi connectivity index (χ3n) is 3.86. The quantitative estimate of drug-likeness (QED) is 0.469. The molecule has 24 heavy (non-hydrogen) atoms. The highest BCUT2D eigenvalue weighted by atomic mass is 32.2. The van der Waals surface area contributed by atoms with Crippen molar-refractivity contribution < 1.29 is 4.74 Å². The molecule has 0 atom stereocenters. The number of aliphatic imine (C=N–C) groups is 1. The highest BCUT2D eigenvalue weighted by Crippen LogP contribution is 2.27. The first-order chi connectivity index (χ1) is 11.7. The number of benzene rings is 2. The Morgan fingerprint density at radius 3 is 2.46 bits per heavy atom. The number of hydrogen-bond donors (Lipinski definition) is 0. The Kier molecular flexibility index (Phi) is 5.06. The van der Waals surface area contributed by atoms with E-state index in [-0.39, 0.29) is 0 Å². The molecule has 0 unspecified atom stereocenters. The molecule has 1 heterocycles. The standard InChI is InChI=1S/C20H20N2OS/c1-15-8-9-17(14-21-19-6-4-5-7-20(19)24-3)22(15)16-10-12-18(23-2)13-11-16/h4-14H,1-3H3. The van der Waals surface area contributed by atoms with Crippen molar-refractivity contribution in [3.05, 3.63) is 72.1 Å². The summed E-state index contributed by atoms with van der Waals surface area (Å²) in [7, 11) is 1.68. The summed E-state index contributed by atoms with van der Waals surface area (Å²) < 4.78 is 7.43. The van der Waals surface area contributed by atoms with Crippen LogP contribution in [-0.2, 0) is 0 Å². The van der Waals surface area contributed by atoms with E-state index in [2.05, 4.69) is 53.1 Å². The van der Waals surface area contributed by atoms with Gasteiger partial charge < -0.3 is 9.30 Å². The Labute approximate surface area is 147 Å². The lowest BCUT2D eigenvalue weighted by Crippen LogP contribution is -2.01. The second kappa shape index (κ2) is 7.41. The molecule has 0 aliphatic carbocycles. The zero-order valence-corrected chi connectivity index (χ0v) is 14.9. The second-order valence-corrected chi connectivity index (χ2v) is 6.21. The molecule has 3 nitrogen and oxygen atoms in total. The summed E-state index contributed by atoms with van der Waals surface area (Å²) in [6.45, 7) is 2.09. The summed E-state index contributed by atoms with van der Waals surface area (Å²) in [6.07, 6.45) is 3.99. The van der Waals surface area contributed by atoms with Gasteiger partial charge in [-0.1, -0.05) is 12.1 Å². The highest BCUT2D eigenvalue weighted by molar-refractivity contribution is 7.98. The first-order valence-electron chi connectivity index (χ1n) is 7.73. The maximum absolute atomic E-state index is 5.24. The summed E-state index contributed by atoms with van der Waals surface area (Å²) in [4.78, 5) is 5.86. The molecule has 3 rings (SSSR count). The molecule has 4 heteroatoms. The van der Waals surface area contributed by atoms with E-state index < -0.39 is 0 Å². The van der Waals surface area contributed by atoms with Gasteiger partial charge in [-0.2, -0.15) is 0 Å². The Balaban J connectivity index is 1.96. The normalized spacial score (nSPS) is 11.1. The molecule has 0 fully saturated rings. The minimum absolute atomic E-state index is 0.854. The van der Waals surface area contributed by atoms with Crippen molar-refractivity contribution in [1.29, 1.82) is 0 Å². The van der Waals surface area contributed by atoms with Gasteiger partial charge in [0, 0.05) is 16.3 Å². The third-order valence-corrected chi connectivity index (χ3v) is 4.64. The first-order valence-corrected chi connectivity index (χ1v) is 8.95. The molecule has 0 saturated heterocycles. The van der Waals surface area contributed by atoms with Crippen LogP contribution in [0.2, 0.25) is 0 Å². The average Bonchev–Trinajstić information content (AvgIpc) is 3.00. The largest absolute Gasteiger partial charge is 0.497 e. The van der Waals surface area contributed by atoms with Crippen LogP contribution in [0, 0.1) is 6.92 Å². The summed E-state index contributed by atoms with van der Waals surface area (Å²) in [5.74, 6) is 0.854. The molecule has 3 aromatic rings. The van der Waals surface area contributed by atoms with E-state index in [4.69, 9.17) is 4.74 Å². The Bertz CT molecular complexity index is 850. The fraction of sp³-hybridized carbons (Fsp3) is 0.150. The van der Waals surface area contributed by atoms with Crippen molar-refractivity contribution in [2.24, 2.45) is 4.99 Å². The molecule has 0 spiro atoms. The third kappa shape index (κ3) is 3.39. The van der Waals surface area contributed by atoms with E-state index in [1.165, 1.54) is 10.6 Å². The van der Waals surface area contributed by atoms with E-state index in [9.17, 15) is 0 Å². The smallest absolute Gasteiger partial charge is 0.119 e. The van der Waals surface area contributed by atoms with Gasteiger partial charge in [0.25, 0.3) is 0 Å². The zero-order valence-electron chi connectivity index (χ0n) is 14.1. The second-order valence-electron chi connectivity index (χ2n) is 5.36. The van der Waals surface area contributed by atoms with Gasteiger partial charge in [-0.25, -0.2) is 0 Å². The monoisotopic (exact) mass is 336 g/mol. The molecule has 122 valence electrons. The molecule has 0 aliphatic rings. The maximum Gasteiger partial charge on any atom is 0.119 e. The number of nitrogens with zero attached hydrogens (tertiary/aromatic N) is 2. The Morgan fingerprint density at radius 2 is 1.75 bits per heavy atom. The molecule has 0 bridgehead atoms. The predicted molar refractivity (Wildman–Crippen MR) is 103 cm³/mol. The summed E-state index contributed by atoms with van der Waals surface area (Å²) >= 11 is 1.71. The van der Waals surface area contributed by atoms with Gasteiger partial charge in [-0.05, 0) is 61.7 Å². The van der Waals surface area contributed by atoms with Crippen LogP contribution in [-0.4, -0.2) is 24.1 Å². The molecule has 0 N–H and O–H groups in total. The van der Waals surface area contributed by atoms with Gasteiger partial charge >= 0.3 is 0 Å². The van der Waals surface area contributed by atoms with Gasteiger partial charge in [-0.3, -0.25) is 4.99 Å². The Hall–Kier alpha value is -2.46. The average molecular weight is 336 g/mol. The number of methoxy groups -OCH3 is 1. The molecule has 0 amide bonds. The van der Waals surface area contributed by atoms with Gasteiger partial charge in [0.2, 0.25) is 0 Å². The minimum atomic E-state index is 0.854. The van der Waals surface area contributed by atoms with Crippen molar-refractivity contribution in [1.82, 2.24) is 4.57 Å². The number of aryl methyl sites for hydroxylation is 1. The van der Waals surface area contributed by atoms with Crippen LogP contribution in [0.5, 0.6) is 5.75 Å². The molecule has 0 saturated carbocycles. The van der Waals surface area contributed by atoms with Crippen molar-refractivity contribution in [2.75, 3.05) is 13.4 Å². The SMILES string of the molecule is COc1ccc(-n2c(C)ccc2C=Nc2ccccc2SC)cc1. The van der Waals surface area contributed by atoms with Crippen LogP contribution in [0.25, 0.3) is 5.69 Å². The molecule has 1 aromatic heterocycles. The van der Waals surface area contributed by atoms with Crippen LogP contribution in [0.1, 0.15) is 11.4 Å². The van der Waals surface area contributed by atoms with E-state index in [1.54, 1.807) is 18.9 Å². The lowest BCUT2D eigenvalue weighted by molar-refractivity contribution is 0.414. The van der Waals surface area contributed by atoms with Gasteiger partial charge in [-0.15, -0.1) is 11.8 Å². The van der Waals surface area contributed by atoms with Crippen molar-refractivity contribution in [3.8, 4) is 11.4 Å². The van der Waals surface area contributed by atoms with E-state index in [0.717, 1.165) is 22.8 Å².